The highest BCUT2D eigenvalue weighted by Crippen LogP contribution is 2.31. The molecule has 0 unspecified atom stereocenters. The number of rotatable bonds is 6. The molecule has 0 aromatic carbocycles. The number of ether oxygens (including phenoxy) is 1. The number of amides is 1. The first-order chi connectivity index (χ1) is 11.6. The number of hydrogen-bond acceptors (Lipinski definition) is 5. The van der Waals surface area contributed by atoms with Crippen LogP contribution in [-0.2, 0) is 4.74 Å². The number of carbonyl (C=O) groups excluding carboxylic acids is 1. The van der Waals surface area contributed by atoms with Gasteiger partial charge in [-0.15, -0.1) is 11.3 Å². The monoisotopic (exact) mass is 346 g/mol. The van der Waals surface area contributed by atoms with E-state index in [4.69, 9.17) is 10.5 Å². The number of aromatic amines is 1. The van der Waals surface area contributed by atoms with Crippen molar-refractivity contribution in [2.45, 2.75) is 19.4 Å². The summed E-state index contributed by atoms with van der Waals surface area (Å²) in [5.74, 6) is -0.491. The molecule has 0 saturated heterocycles. The zero-order chi connectivity index (χ0) is 17.3. The first-order valence-corrected chi connectivity index (χ1v) is 8.42. The van der Waals surface area contributed by atoms with Crippen LogP contribution in [0.1, 0.15) is 29.1 Å². The normalized spacial score (nSPS) is 12.6. The number of nitrogens with zero attached hydrogens (tertiary/aromatic N) is 2. The predicted molar refractivity (Wildman–Crippen MR) is 93.4 cm³/mol. The van der Waals surface area contributed by atoms with Gasteiger partial charge in [0.15, 0.2) is 0 Å². The molecule has 0 aliphatic heterocycles. The Kier molecular flexibility index (Phi) is 4.50. The topological polar surface area (TPSA) is 103 Å². The summed E-state index contributed by atoms with van der Waals surface area (Å²) in [7, 11) is 1.64. The van der Waals surface area contributed by atoms with Gasteiger partial charge in [-0.1, -0.05) is 6.92 Å². The van der Waals surface area contributed by atoms with Crippen LogP contribution in [0.15, 0.2) is 28.5 Å². The van der Waals surface area contributed by atoms with Crippen molar-refractivity contribution in [1.82, 2.24) is 14.8 Å². The van der Waals surface area contributed by atoms with Gasteiger partial charge in [-0.25, -0.2) is 0 Å². The number of nitrogens with two attached hydrogens (primary N) is 1. The Morgan fingerprint density at radius 3 is 2.96 bits per heavy atom. The van der Waals surface area contributed by atoms with Crippen molar-refractivity contribution in [1.29, 1.82) is 0 Å². The number of carbonyl (C=O) groups is 1. The highest BCUT2D eigenvalue weighted by atomic mass is 32.1. The molecule has 0 bridgehead atoms. The van der Waals surface area contributed by atoms with E-state index in [2.05, 4.69) is 10.1 Å². The van der Waals surface area contributed by atoms with Crippen molar-refractivity contribution in [3.05, 3.63) is 38.9 Å². The van der Waals surface area contributed by atoms with E-state index in [1.54, 1.807) is 24.8 Å². The molecule has 0 saturated carbocycles. The Balaban J connectivity index is 2.24. The molecule has 0 fully saturated rings. The predicted octanol–water partition coefficient (Wildman–Crippen LogP) is 2.15. The highest BCUT2D eigenvalue weighted by Gasteiger charge is 2.21. The second-order valence-electron chi connectivity index (χ2n) is 5.44. The third-order valence-electron chi connectivity index (χ3n) is 3.92. The summed E-state index contributed by atoms with van der Waals surface area (Å²) < 4.78 is 7.10. The molecule has 3 aromatic heterocycles. The summed E-state index contributed by atoms with van der Waals surface area (Å²) in [4.78, 5) is 26.8. The molecule has 126 valence electrons. The van der Waals surface area contributed by atoms with Gasteiger partial charge in [0.2, 0.25) is 0 Å². The summed E-state index contributed by atoms with van der Waals surface area (Å²) >= 11 is 1.24. The van der Waals surface area contributed by atoms with E-state index >= 15 is 0 Å². The largest absolute Gasteiger partial charge is 0.382 e. The van der Waals surface area contributed by atoms with Crippen molar-refractivity contribution >= 4 is 28.1 Å². The van der Waals surface area contributed by atoms with E-state index in [1.165, 1.54) is 11.3 Å². The van der Waals surface area contributed by atoms with Gasteiger partial charge >= 0.3 is 0 Å². The third-order valence-corrected chi connectivity index (χ3v) is 4.87. The number of nitrogens with one attached hydrogen (secondary N) is 1. The highest BCUT2D eigenvalue weighted by molar-refractivity contribution is 7.12. The van der Waals surface area contributed by atoms with Crippen LogP contribution in [0.4, 0.5) is 0 Å². The standard InChI is InChI=1S/C16H18N4O3S/c1-3-10(7-23-2)20-11-4-5-18-16(22)13(11)14(19-20)9-6-12(15(17)21)24-8-9/h4-6,8,10H,3,7H2,1-2H3,(H2,17,21)(H,18,22)/t10-/m0/s1. The Morgan fingerprint density at radius 2 is 2.33 bits per heavy atom. The molecule has 3 heterocycles. The van der Waals surface area contributed by atoms with Gasteiger partial charge < -0.3 is 15.5 Å². The Morgan fingerprint density at radius 1 is 1.54 bits per heavy atom. The molecular formula is C16H18N4O3S. The maximum absolute atomic E-state index is 12.4. The van der Waals surface area contributed by atoms with Gasteiger partial charge in [0, 0.05) is 24.3 Å². The number of primary amides is 1. The Hall–Kier alpha value is -2.45. The lowest BCUT2D eigenvalue weighted by Crippen LogP contribution is -2.15. The van der Waals surface area contributed by atoms with Gasteiger partial charge in [-0.3, -0.25) is 14.3 Å². The van der Waals surface area contributed by atoms with Crippen LogP contribution in [0.25, 0.3) is 22.2 Å². The van der Waals surface area contributed by atoms with Crippen LogP contribution < -0.4 is 11.3 Å². The maximum Gasteiger partial charge on any atom is 0.259 e. The molecule has 3 N–H and O–H groups in total. The molecule has 8 heteroatoms. The average Bonchev–Trinajstić information content (AvgIpc) is 3.18. The molecule has 0 aliphatic carbocycles. The Bertz CT molecular complexity index is 940. The summed E-state index contributed by atoms with van der Waals surface area (Å²) in [5, 5.41) is 6.94. The van der Waals surface area contributed by atoms with Crippen molar-refractivity contribution in [3.63, 3.8) is 0 Å². The lowest BCUT2D eigenvalue weighted by atomic mass is 10.1. The summed E-state index contributed by atoms with van der Waals surface area (Å²) in [6.07, 6.45) is 2.42. The van der Waals surface area contributed by atoms with E-state index in [1.807, 2.05) is 17.7 Å². The zero-order valence-electron chi connectivity index (χ0n) is 13.4. The number of aromatic nitrogens is 3. The van der Waals surface area contributed by atoms with Crippen molar-refractivity contribution in [3.8, 4) is 11.3 Å². The number of pyridine rings is 1. The van der Waals surface area contributed by atoms with Gasteiger partial charge in [-0.2, -0.15) is 5.10 Å². The number of methoxy groups -OCH3 is 1. The fourth-order valence-electron chi connectivity index (χ4n) is 2.72. The number of thiophene rings is 1. The van der Waals surface area contributed by atoms with E-state index in [-0.39, 0.29) is 11.6 Å². The van der Waals surface area contributed by atoms with E-state index in [0.29, 0.717) is 28.1 Å². The minimum atomic E-state index is -0.491. The molecule has 1 atom stereocenters. The molecule has 0 aliphatic rings. The Labute approximate surface area is 142 Å². The molecule has 1 amide bonds. The maximum atomic E-state index is 12.4. The summed E-state index contributed by atoms with van der Waals surface area (Å²) in [6, 6.07) is 3.51. The van der Waals surface area contributed by atoms with Crippen LogP contribution in [0.5, 0.6) is 0 Å². The van der Waals surface area contributed by atoms with Gasteiger partial charge in [0.1, 0.15) is 5.69 Å². The van der Waals surface area contributed by atoms with Crippen molar-refractivity contribution < 1.29 is 9.53 Å². The smallest absolute Gasteiger partial charge is 0.259 e. The minimum Gasteiger partial charge on any atom is -0.382 e. The lowest BCUT2D eigenvalue weighted by Gasteiger charge is -2.15. The molecular weight excluding hydrogens is 328 g/mol. The first kappa shape index (κ1) is 16.4. The number of hydrogen-bond donors (Lipinski definition) is 2. The fourth-order valence-corrected chi connectivity index (χ4v) is 3.47. The molecule has 0 spiro atoms. The molecule has 3 aromatic rings. The second kappa shape index (κ2) is 6.58. The van der Waals surface area contributed by atoms with Crippen LogP contribution in [-0.4, -0.2) is 34.4 Å². The average molecular weight is 346 g/mol. The summed E-state index contributed by atoms with van der Waals surface area (Å²) in [5.41, 5.74) is 7.11. The molecule has 3 rings (SSSR count). The quantitative estimate of drug-likeness (QED) is 0.714. The lowest BCUT2D eigenvalue weighted by molar-refractivity contribution is 0.100. The van der Waals surface area contributed by atoms with Crippen LogP contribution in [0, 0.1) is 0 Å². The van der Waals surface area contributed by atoms with Gasteiger partial charge in [-0.05, 0) is 18.6 Å². The second-order valence-corrected chi connectivity index (χ2v) is 6.35. The number of fused-ring (bicyclic) bond motifs is 1. The van der Waals surface area contributed by atoms with E-state index in [0.717, 1.165) is 11.9 Å². The van der Waals surface area contributed by atoms with Gasteiger partial charge in [0.05, 0.1) is 28.4 Å². The van der Waals surface area contributed by atoms with Crippen molar-refractivity contribution in [2.24, 2.45) is 5.73 Å². The third kappa shape index (κ3) is 2.74. The molecule has 7 nitrogen and oxygen atoms in total. The van der Waals surface area contributed by atoms with Crippen LogP contribution in [0.3, 0.4) is 0 Å². The van der Waals surface area contributed by atoms with E-state index < -0.39 is 5.91 Å². The number of H-pyrrole nitrogens is 1. The van der Waals surface area contributed by atoms with Crippen LogP contribution in [0.2, 0.25) is 0 Å². The van der Waals surface area contributed by atoms with E-state index in [9.17, 15) is 9.59 Å². The SMILES string of the molecule is CC[C@@H](COC)n1nc(-c2csc(C(N)=O)c2)c2c(=O)[nH]ccc21. The molecule has 0 radical (unpaired) electrons. The minimum absolute atomic E-state index is 0.0160. The van der Waals surface area contributed by atoms with Crippen LogP contribution >= 0.6 is 11.3 Å². The van der Waals surface area contributed by atoms with Gasteiger partial charge in [0.25, 0.3) is 11.5 Å². The fraction of sp³-hybridized carbons (Fsp3) is 0.312. The summed E-state index contributed by atoms with van der Waals surface area (Å²) in [6.45, 7) is 2.54. The zero-order valence-corrected chi connectivity index (χ0v) is 14.2. The first-order valence-electron chi connectivity index (χ1n) is 7.54. The molecule has 24 heavy (non-hydrogen) atoms. The van der Waals surface area contributed by atoms with Crippen molar-refractivity contribution in [2.75, 3.05) is 13.7 Å².